The monoisotopic (exact) mass is 710 g/mol. The van der Waals surface area contributed by atoms with Crippen molar-refractivity contribution in [3.63, 3.8) is 0 Å². The van der Waals surface area contributed by atoms with Crippen LogP contribution in [0, 0.1) is 17.8 Å². The molecule has 4 aliphatic rings. The highest BCUT2D eigenvalue weighted by Crippen LogP contribution is 2.41. The molecule has 4 fully saturated rings. The number of nitrogens with zero attached hydrogens (tertiary/aromatic N) is 1. The van der Waals surface area contributed by atoms with Crippen LogP contribution >= 0.6 is 0 Å². The van der Waals surface area contributed by atoms with Crippen LogP contribution in [0.2, 0.25) is 0 Å². The Bertz CT molecular complexity index is 1410. The number of ether oxygens (including phenoxy) is 1. The number of benzene rings is 1. The van der Waals surface area contributed by atoms with Gasteiger partial charge in [-0.15, -0.1) is 0 Å². The lowest BCUT2D eigenvalue weighted by atomic mass is 9.73. The van der Waals surface area contributed by atoms with E-state index in [2.05, 4.69) is 21.3 Å². The first-order chi connectivity index (χ1) is 24.4. The Morgan fingerprint density at radius 3 is 2.16 bits per heavy atom. The van der Waals surface area contributed by atoms with Crippen molar-refractivity contribution in [3.8, 4) is 0 Å². The lowest BCUT2D eigenvalue weighted by Crippen LogP contribution is -2.67. The number of piperidine rings is 2. The van der Waals surface area contributed by atoms with Gasteiger partial charge in [-0.05, 0) is 68.3 Å². The fourth-order valence-electron chi connectivity index (χ4n) is 7.62. The topological polar surface area (TPSA) is 206 Å². The van der Waals surface area contributed by atoms with Crippen molar-refractivity contribution in [2.45, 2.75) is 122 Å². The molecule has 2 saturated heterocycles. The average Bonchev–Trinajstić information content (AvgIpc) is 3.14. The van der Waals surface area contributed by atoms with Crippen molar-refractivity contribution < 1.29 is 38.3 Å². The minimum Gasteiger partial charge on any atom is -0.449 e. The van der Waals surface area contributed by atoms with Gasteiger partial charge in [-0.1, -0.05) is 76.8 Å². The first kappa shape index (κ1) is 39.3. The van der Waals surface area contributed by atoms with E-state index in [4.69, 9.17) is 10.5 Å². The van der Waals surface area contributed by atoms with E-state index < -0.39 is 66.2 Å². The number of hydrogen-bond acceptors (Lipinski definition) is 8. The summed E-state index contributed by atoms with van der Waals surface area (Å²) >= 11 is 0. The van der Waals surface area contributed by atoms with Gasteiger partial charge in [0.05, 0.1) is 19.2 Å². The second-order valence-electron chi connectivity index (χ2n) is 14.5. The van der Waals surface area contributed by atoms with Gasteiger partial charge in [-0.3, -0.25) is 28.8 Å². The summed E-state index contributed by atoms with van der Waals surface area (Å²) in [6.45, 7) is 5.27. The molecule has 0 spiro atoms. The zero-order chi connectivity index (χ0) is 37.1. The summed E-state index contributed by atoms with van der Waals surface area (Å²) in [5, 5.41) is 10.4. The SMILES string of the molecule is CCCC(NC(=O)C1C2CCC(CC2)N1C(=O)[C@@H](NC(=O)OCC(C)C)C1CCCCC1)C(=O)C(=O)NCC(=O)N[C@H](C(N)=O)c1ccccc1. The number of carbonyl (C=O) groups is 7. The maximum Gasteiger partial charge on any atom is 0.407 e. The molecule has 14 heteroatoms. The number of Topliss-reactive ketones (excluding diaryl/α,β-unsaturated/α-hetero) is 1. The molecule has 0 aromatic heterocycles. The fraction of sp³-hybridized carbons (Fsp3) is 0.649. The predicted molar refractivity (Wildman–Crippen MR) is 187 cm³/mol. The van der Waals surface area contributed by atoms with E-state index >= 15 is 0 Å². The number of ketones is 1. The van der Waals surface area contributed by atoms with Crippen LogP contribution in [0.5, 0.6) is 0 Å². The van der Waals surface area contributed by atoms with Crippen molar-refractivity contribution in [2.75, 3.05) is 13.2 Å². The molecule has 2 heterocycles. The first-order valence-corrected chi connectivity index (χ1v) is 18.4. The molecule has 5 rings (SSSR count). The Morgan fingerprint density at radius 1 is 0.882 bits per heavy atom. The van der Waals surface area contributed by atoms with Crippen molar-refractivity contribution in [1.29, 1.82) is 0 Å². The summed E-state index contributed by atoms with van der Waals surface area (Å²) in [4.78, 5) is 94.0. The lowest BCUT2D eigenvalue weighted by molar-refractivity contribution is -0.157. The quantitative estimate of drug-likeness (QED) is 0.161. The maximum atomic E-state index is 14.5. The number of primary amides is 1. The second kappa shape index (κ2) is 18.7. The Balaban J connectivity index is 1.44. The first-order valence-electron chi connectivity index (χ1n) is 18.4. The Hall–Kier alpha value is -4.49. The fourth-order valence-corrected chi connectivity index (χ4v) is 7.62. The van der Waals surface area contributed by atoms with Gasteiger partial charge in [0.25, 0.3) is 5.91 Å². The average molecular weight is 711 g/mol. The molecule has 280 valence electrons. The van der Waals surface area contributed by atoms with Crippen LogP contribution in [0.4, 0.5) is 4.79 Å². The highest BCUT2D eigenvalue weighted by atomic mass is 16.5. The molecule has 2 saturated carbocycles. The number of nitrogens with one attached hydrogen (secondary N) is 4. The molecule has 2 bridgehead atoms. The zero-order valence-corrected chi connectivity index (χ0v) is 30.0. The van der Waals surface area contributed by atoms with E-state index in [1.165, 1.54) is 0 Å². The summed E-state index contributed by atoms with van der Waals surface area (Å²) in [5.74, 6) is -4.48. The molecule has 1 aromatic rings. The van der Waals surface area contributed by atoms with E-state index in [0.29, 0.717) is 12.0 Å². The molecule has 2 aliphatic heterocycles. The van der Waals surface area contributed by atoms with Crippen molar-refractivity contribution in [1.82, 2.24) is 26.2 Å². The normalized spacial score (nSPS) is 21.9. The van der Waals surface area contributed by atoms with Crippen molar-refractivity contribution in [2.24, 2.45) is 23.5 Å². The molecule has 6 N–H and O–H groups in total. The largest absolute Gasteiger partial charge is 0.449 e. The van der Waals surface area contributed by atoms with E-state index in [1.807, 2.05) is 20.8 Å². The van der Waals surface area contributed by atoms with Gasteiger partial charge in [-0.25, -0.2) is 4.79 Å². The zero-order valence-electron chi connectivity index (χ0n) is 30.0. The number of fused-ring (bicyclic) bond motifs is 3. The summed E-state index contributed by atoms with van der Waals surface area (Å²) < 4.78 is 5.39. The number of rotatable bonds is 16. The third kappa shape index (κ3) is 10.5. The summed E-state index contributed by atoms with van der Waals surface area (Å²) in [7, 11) is 0. The number of carbonyl (C=O) groups excluding carboxylic acids is 7. The molecule has 1 aromatic carbocycles. The van der Waals surface area contributed by atoms with E-state index in [-0.39, 0.29) is 42.7 Å². The van der Waals surface area contributed by atoms with Gasteiger partial charge in [0.15, 0.2) is 0 Å². The molecule has 51 heavy (non-hydrogen) atoms. The number of amides is 6. The molecule has 0 radical (unpaired) electrons. The molecule has 2 aliphatic carbocycles. The Kier molecular flexibility index (Phi) is 14.4. The van der Waals surface area contributed by atoms with E-state index in [9.17, 15) is 33.6 Å². The van der Waals surface area contributed by atoms with Crippen LogP contribution < -0.4 is 27.0 Å². The number of hydrogen-bond donors (Lipinski definition) is 5. The smallest absolute Gasteiger partial charge is 0.407 e. The van der Waals surface area contributed by atoms with Crippen LogP contribution in [0.1, 0.15) is 103 Å². The Labute approximate surface area is 299 Å². The third-order valence-electron chi connectivity index (χ3n) is 10.2. The molecule has 2 unspecified atom stereocenters. The van der Waals surface area contributed by atoms with Gasteiger partial charge in [-0.2, -0.15) is 0 Å². The molecule has 4 atom stereocenters. The molecule has 14 nitrogen and oxygen atoms in total. The van der Waals surface area contributed by atoms with E-state index in [0.717, 1.165) is 57.8 Å². The summed E-state index contributed by atoms with van der Waals surface area (Å²) in [6, 6.07) is 4.13. The van der Waals surface area contributed by atoms with Crippen LogP contribution in [0.3, 0.4) is 0 Å². The minimum atomic E-state index is -1.19. The van der Waals surface area contributed by atoms with Crippen LogP contribution in [-0.4, -0.2) is 83.6 Å². The van der Waals surface area contributed by atoms with Crippen molar-refractivity contribution >= 4 is 41.4 Å². The summed E-state index contributed by atoms with van der Waals surface area (Å²) in [6.07, 6.45) is 7.39. The van der Waals surface area contributed by atoms with Crippen LogP contribution in [-0.2, 0) is 33.5 Å². The van der Waals surface area contributed by atoms with Crippen LogP contribution in [0.15, 0.2) is 30.3 Å². The highest BCUT2D eigenvalue weighted by Gasteiger charge is 2.50. The number of alkyl carbamates (subject to hydrolysis) is 1. The van der Waals surface area contributed by atoms with Crippen LogP contribution in [0.25, 0.3) is 0 Å². The highest BCUT2D eigenvalue weighted by molar-refractivity contribution is 6.38. The van der Waals surface area contributed by atoms with Crippen molar-refractivity contribution in [3.05, 3.63) is 35.9 Å². The predicted octanol–water partition coefficient (Wildman–Crippen LogP) is 2.40. The number of nitrogens with two attached hydrogens (primary N) is 1. The molecule has 6 amide bonds. The van der Waals surface area contributed by atoms with Gasteiger partial charge >= 0.3 is 6.09 Å². The maximum absolute atomic E-state index is 14.5. The van der Waals surface area contributed by atoms with Gasteiger partial charge < -0.3 is 36.6 Å². The van der Waals surface area contributed by atoms with Gasteiger partial charge in [0.2, 0.25) is 29.4 Å². The van der Waals surface area contributed by atoms with E-state index in [1.54, 1.807) is 35.2 Å². The van der Waals surface area contributed by atoms with Gasteiger partial charge in [0.1, 0.15) is 18.1 Å². The Morgan fingerprint density at radius 2 is 1.55 bits per heavy atom. The molecular formula is C37H54N6O8. The second-order valence-corrected chi connectivity index (χ2v) is 14.5. The standard InChI is InChI=1S/C37H54N6O8/c1-4-11-27(32(45)35(48)39-20-28(44)41-29(33(38)46)23-12-7-5-8-13-23)40-34(47)31-25-16-18-26(19-17-25)43(31)36(49)30(24-14-9-6-10-15-24)42-37(50)51-21-22(2)3/h5,7-8,12-13,22,24-27,29-31H,4,6,9-11,14-21H2,1-3H3,(H2,38,46)(H,39,48)(H,40,47)(H,41,44)(H,42,50)/t25?,26?,27?,29-,30-,31?/m0/s1. The lowest BCUT2D eigenvalue weighted by Gasteiger charge is -2.52. The third-order valence-corrected chi connectivity index (χ3v) is 10.2. The molecular weight excluding hydrogens is 656 g/mol. The summed E-state index contributed by atoms with van der Waals surface area (Å²) in [5.41, 5.74) is 5.93. The minimum absolute atomic E-state index is 0.0942. The van der Waals surface area contributed by atoms with Gasteiger partial charge in [0, 0.05) is 6.04 Å².